The number of hydrogen-bond acceptors (Lipinski definition) is 2. The second-order valence-electron chi connectivity index (χ2n) is 3.45. The van der Waals surface area contributed by atoms with Crippen molar-refractivity contribution in [2.24, 2.45) is 0 Å². The van der Waals surface area contributed by atoms with Crippen LogP contribution in [0.5, 0.6) is 0 Å². The summed E-state index contributed by atoms with van der Waals surface area (Å²) in [5, 5.41) is 7.15. The van der Waals surface area contributed by atoms with Crippen LogP contribution in [0.1, 0.15) is 32.2 Å². The van der Waals surface area contributed by atoms with Gasteiger partial charge in [0, 0.05) is 12.2 Å². The summed E-state index contributed by atoms with van der Waals surface area (Å²) in [4.78, 5) is 11.4. The fourth-order valence-corrected chi connectivity index (χ4v) is 1.50. The van der Waals surface area contributed by atoms with E-state index in [0.29, 0.717) is 13.1 Å². The quantitative estimate of drug-likeness (QED) is 0.790. The molecule has 0 unspecified atom stereocenters. The average Bonchev–Trinajstić information content (AvgIpc) is 2.60. The number of nitrogens with zero attached hydrogens (tertiary/aromatic N) is 2. The number of aryl methyl sites for hydroxylation is 2. The van der Waals surface area contributed by atoms with Crippen LogP contribution in [0.3, 0.4) is 0 Å². The third-order valence-corrected chi connectivity index (χ3v) is 2.31. The van der Waals surface area contributed by atoms with E-state index in [1.165, 1.54) is 0 Å². The largest absolute Gasteiger partial charge is 0.355 e. The first-order chi connectivity index (χ1) is 7.21. The number of rotatable bonds is 5. The zero-order valence-electron chi connectivity index (χ0n) is 9.71. The van der Waals surface area contributed by atoms with Crippen LogP contribution in [-0.2, 0) is 24.2 Å². The van der Waals surface area contributed by atoms with Crippen molar-refractivity contribution in [3.8, 4) is 0 Å². The number of carbonyl (C=O) groups excluding carboxylic acids is 1. The summed E-state index contributed by atoms with van der Waals surface area (Å²) in [6, 6.07) is 2.07. The molecule has 0 fully saturated rings. The molecule has 15 heavy (non-hydrogen) atoms. The number of amides is 1. The number of carbonyl (C=O) groups is 1. The molecular formula is C11H19N3O. The van der Waals surface area contributed by atoms with Crippen LogP contribution < -0.4 is 5.32 Å². The van der Waals surface area contributed by atoms with Crippen LogP contribution in [-0.4, -0.2) is 22.2 Å². The van der Waals surface area contributed by atoms with Gasteiger partial charge in [0.1, 0.15) is 6.54 Å². The molecule has 4 heteroatoms. The van der Waals surface area contributed by atoms with E-state index in [2.05, 4.69) is 30.3 Å². The molecule has 4 nitrogen and oxygen atoms in total. The summed E-state index contributed by atoms with van der Waals surface area (Å²) < 4.78 is 1.80. The molecule has 0 saturated heterocycles. The van der Waals surface area contributed by atoms with E-state index in [1.54, 1.807) is 4.68 Å². The minimum absolute atomic E-state index is 0.0259. The lowest BCUT2D eigenvalue weighted by Crippen LogP contribution is -2.28. The van der Waals surface area contributed by atoms with E-state index in [9.17, 15) is 4.79 Å². The fraction of sp³-hybridized carbons (Fsp3) is 0.636. The Hall–Kier alpha value is -1.32. The highest BCUT2D eigenvalue weighted by molar-refractivity contribution is 5.75. The van der Waals surface area contributed by atoms with E-state index in [1.807, 2.05) is 6.92 Å². The first kappa shape index (κ1) is 11.8. The van der Waals surface area contributed by atoms with Gasteiger partial charge in [0.15, 0.2) is 0 Å². The molecule has 0 spiro atoms. The number of hydrogen-bond donors (Lipinski definition) is 1. The van der Waals surface area contributed by atoms with Gasteiger partial charge in [0.25, 0.3) is 0 Å². The van der Waals surface area contributed by atoms with Gasteiger partial charge in [-0.05, 0) is 25.8 Å². The Morgan fingerprint density at radius 3 is 2.67 bits per heavy atom. The van der Waals surface area contributed by atoms with Gasteiger partial charge < -0.3 is 5.32 Å². The van der Waals surface area contributed by atoms with Crippen LogP contribution in [0.2, 0.25) is 0 Å². The third kappa shape index (κ3) is 3.08. The molecule has 84 valence electrons. The van der Waals surface area contributed by atoms with Gasteiger partial charge >= 0.3 is 0 Å². The lowest BCUT2D eigenvalue weighted by atomic mass is 10.2. The van der Waals surface area contributed by atoms with E-state index >= 15 is 0 Å². The van der Waals surface area contributed by atoms with Crippen molar-refractivity contribution in [1.29, 1.82) is 0 Å². The third-order valence-electron chi connectivity index (χ3n) is 2.31. The van der Waals surface area contributed by atoms with Crippen LogP contribution >= 0.6 is 0 Å². The Balaban J connectivity index is 2.74. The SMILES string of the molecule is CCNC(=O)Cn1nc(CC)cc1CC. The summed E-state index contributed by atoms with van der Waals surface area (Å²) in [7, 11) is 0. The van der Waals surface area contributed by atoms with Gasteiger partial charge in [-0.15, -0.1) is 0 Å². The Morgan fingerprint density at radius 2 is 2.13 bits per heavy atom. The van der Waals surface area contributed by atoms with Crippen LogP contribution in [0, 0.1) is 0 Å². The fourth-order valence-electron chi connectivity index (χ4n) is 1.50. The van der Waals surface area contributed by atoms with Gasteiger partial charge in [-0.1, -0.05) is 13.8 Å². The van der Waals surface area contributed by atoms with E-state index < -0.39 is 0 Å². The van der Waals surface area contributed by atoms with Crippen molar-refractivity contribution < 1.29 is 4.79 Å². The molecule has 0 aromatic carbocycles. The van der Waals surface area contributed by atoms with Gasteiger partial charge in [0.05, 0.1) is 5.69 Å². The minimum atomic E-state index is 0.0259. The summed E-state index contributed by atoms with van der Waals surface area (Å²) in [6.45, 7) is 7.06. The Kier molecular flexibility index (Phi) is 4.34. The summed E-state index contributed by atoms with van der Waals surface area (Å²) in [5.41, 5.74) is 2.18. The molecule has 0 aliphatic carbocycles. The predicted molar refractivity (Wildman–Crippen MR) is 59.7 cm³/mol. The van der Waals surface area contributed by atoms with Crippen LogP contribution in [0.25, 0.3) is 0 Å². The Morgan fingerprint density at radius 1 is 1.40 bits per heavy atom. The maximum Gasteiger partial charge on any atom is 0.241 e. The topological polar surface area (TPSA) is 46.9 Å². The second kappa shape index (κ2) is 5.53. The zero-order valence-corrected chi connectivity index (χ0v) is 9.71. The van der Waals surface area contributed by atoms with Crippen molar-refractivity contribution in [3.63, 3.8) is 0 Å². The second-order valence-corrected chi connectivity index (χ2v) is 3.45. The van der Waals surface area contributed by atoms with E-state index in [4.69, 9.17) is 0 Å². The highest BCUT2D eigenvalue weighted by Crippen LogP contribution is 2.05. The van der Waals surface area contributed by atoms with Crippen molar-refractivity contribution in [2.45, 2.75) is 40.2 Å². The number of aromatic nitrogens is 2. The van der Waals surface area contributed by atoms with E-state index in [0.717, 1.165) is 24.2 Å². The molecule has 0 atom stereocenters. The summed E-state index contributed by atoms with van der Waals surface area (Å²) in [6.07, 6.45) is 1.82. The lowest BCUT2D eigenvalue weighted by Gasteiger charge is -2.05. The van der Waals surface area contributed by atoms with Crippen LogP contribution in [0.15, 0.2) is 6.07 Å². The van der Waals surface area contributed by atoms with Gasteiger partial charge in [0.2, 0.25) is 5.91 Å². The minimum Gasteiger partial charge on any atom is -0.355 e. The standard InChI is InChI=1S/C11H19N3O/c1-4-9-7-10(5-2)14(13-9)8-11(15)12-6-3/h7H,4-6,8H2,1-3H3,(H,12,15). The van der Waals surface area contributed by atoms with Crippen molar-refractivity contribution in [3.05, 3.63) is 17.5 Å². The molecule has 1 aromatic heterocycles. The molecule has 0 saturated carbocycles. The smallest absolute Gasteiger partial charge is 0.241 e. The molecule has 0 radical (unpaired) electrons. The normalized spacial score (nSPS) is 10.3. The highest BCUT2D eigenvalue weighted by Gasteiger charge is 2.08. The highest BCUT2D eigenvalue weighted by atomic mass is 16.2. The summed E-state index contributed by atoms with van der Waals surface area (Å²) in [5.74, 6) is 0.0259. The zero-order chi connectivity index (χ0) is 11.3. The van der Waals surface area contributed by atoms with E-state index in [-0.39, 0.29) is 5.91 Å². The lowest BCUT2D eigenvalue weighted by molar-refractivity contribution is -0.121. The average molecular weight is 209 g/mol. The van der Waals surface area contributed by atoms with Crippen molar-refractivity contribution in [2.75, 3.05) is 6.54 Å². The maximum atomic E-state index is 11.4. The molecule has 1 aromatic rings. The monoisotopic (exact) mass is 209 g/mol. The molecule has 1 N–H and O–H groups in total. The van der Waals surface area contributed by atoms with Crippen molar-refractivity contribution in [1.82, 2.24) is 15.1 Å². The first-order valence-corrected chi connectivity index (χ1v) is 5.53. The van der Waals surface area contributed by atoms with Crippen molar-refractivity contribution >= 4 is 5.91 Å². The van der Waals surface area contributed by atoms with Gasteiger partial charge in [-0.3, -0.25) is 9.48 Å². The molecule has 0 aliphatic heterocycles. The van der Waals surface area contributed by atoms with Gasteiger partial charge in [-0.25, -0.2) is 0 Å². The first-order valence-electron chi connectivity index (χ1n) is 5.53. The maximum absolute atomic E-state index is 11.4. The Labute approximate surface area is 90.7 Å². The predicted octanol–water partition coefficient (Wildman–Crippen LogP) is 1.14. The number of likely N-dealkylation sites (N-methyl/N-ethyl adjacent to an activating group) is 1. The molecule has 0 aliphatic rings. The molecule has 1 heterocycles. The molecular weight excluding hydrogens is 190 g/mol. The molecule has 0 bridgehead atoms. The summed E-state index contributed by atoms with van der Waals surface area (Å²) >= 11 is 0. The number of nitrogens with one attached hydrogen (secondary N) is 1. The Bertz CT molecular complexity index is 331. The molecule has 1 amide bonds. The van der Waals surface area contributed by atoms with Crippen LogP contribution in [0.4, 0.5) is 0 Å². The molecule has 1 rings (SSSR count). The van der Waals surface area contributed by atoms with Gasteiger partial charge in [-0.2, -0.15) is 5.10 Å².